The zero-order chi connectivity index (χ0) is 32.6. The van der Waals surface area contributed by atoms with Crippen molar-refractivity contribution in [3.8, 4) is 5.75 Å². The molecule has 4 rings (SSSR count). The van der Waals surface area contributed by atoms with E-state index in [4.69, 9.17) is 9.47 Å². The Labute approximate surface area is 269 Å². The highest BCUT2D eigenvalue weighted by Crippen LogP contribution is 2.64. The molecule has 3 fully saturated rings. The van der Waals surface area contributed by atoms with Crippen LogP contribution in [0.15, 0.2) is 49.6 Å². The number of aliphatic hydroxyl groups excluding tert-OH is 1. The van der Waals surface area contributed by atoms with Gasteiger partial charge in [0.15, 0.2) is 0 Å². The fourth-order valence-electron chi connectivity index (χ4n) is 7.87. The van der Waals surface area contributed by atoms with Gasteiger partial charge < -0.3 is 29.3 Å². The first kappa shape index (κ1) is 34.7. The smallest absolute Gasteiger partial charge is 0.248 e. The summed E-state index contributed by atoms with van der Waals surface area (Å²) in [5.74, 6) is -1.27. The maximum Gasteiger partial charge on any atom is 0.248 e. The van der Waals surface area contributed by atoms with Crippen LogP contribution in [-0.2, 0) is 19.1 Å². The molecule has 2 bridgehead atoms. The Hall–Kier alpha value is -3.17. The molecule has 0 radical (unpaired) electrons. The fraction of sp³-hybridized carbons (Fsp3) is 0.639. The van der Waals surface area contributed by atoms with Gasteiger partial charge in [0.25, 0.3) is 0 Å². The van der Waals surface area contributed by atoms with Crippen LogP contribution < -0.4 is 9.64 Å². The number of carbonyl (C=O) groups is 3. The van der Waals surface area contributed by atoms with Crippen LogP contribution in [0.25, 0.3) is 0 Å². The molecule has 3 heterocycles. The van der Waals surface area contributed by atoms with Crippen LogP contribution in [0.3, 0.4) is 0 Å². The van der Waals surface area contributed by atoms with Crippen molar-refractivity contribution < 1.29 is 29.0 Å². The Balaban J connectivity index is 1.75. The third-order valence-electron chi connectivity index (χ3n) is 9.97. The van der Waals surface area contributed by atoms with Gasteiger partial charge in [-0.3, -0.25) is 14.4 Å². The first-order valence-corrected chi connectivity index (χ1v) is 16.9. The summed E-state index contributed by atoms with van der Waals surface area (Å²) >= 11 is 0. The second kappa shape index (κ2) is 15.4. The van der Waals surface area contributed by atoms with Crippen LogP contribution in [-0.4, -0.2) is 89.3 Å². The molecule has 5 atom stereocenters. The van der Waals surface area contributed by atoms with E-state index in [9.17, 15) is 19.5 Å². The SMILES string of the molecule is C=CCN(CCCCC)C(=O)C1N(CCCCCO)C(=O)[C@@H]2[C@@H](C(=O)N(CC=C)c3ccc(OCC)cc3)[C@@]3(CC)CCC12O3. The van der Waals surface area contributed by atoms with Crippen LogP contribution in [0, 0.1) is 11.8 Å². The highest BCUT2D eigenvalue weighted by molar-refractivity contribution is 6.03. The van der Waals surface area contributed by atoms with Crippen molar-refractivity contribution in [2.45, 2.75) is 95.8 Å². The molecule has 0 aromatic heterocycles. The van der Waals surface area contributed by atoms with E-state index in [1.54, 1.807) is 22.0 Å². The Kier molecular flexibility index (Phi) is 11.9. The number of hydrogen-bond acceptors (Lipinski definition) is 6. The summed E-state index contributed by atoms with van der Waals surface area (Å²) in [6, 6.07) is 6.58. The summed E-state index contributed by atoms with van der Waals surface area (Å²) in [4.78, 5) is 49.1. The highest BCUT2D eigenvalue weighted by Gasteiger charge is 2.79. The first-order chi connectivity index (χ1) is 21.8. The van der Waals surface area contributed by atoms with Crippen molar-refractivity contribution in [3.05, 3.63) is 49.6 Å². The first-order valence-electron chi connectivity index (χ1n) is 16.9. The normalized spacial score (nSPS) is 26.5. The van der Waals surface area contributed by atoms with E-state index in [0.717, 1.165) is 25.7 Å². The average Bonchev–Trinajstić information content (AvgIpc) is 3.65. The predicted molar refractivity (Wildman–Crippen MR) is 176 cm³/mol. The van der Waals surface area contributed by atoms with Crippen molar-refractivity contribution in [2.75, 3.05) is 44.3 Å². The minimum absolute atomic E-state index is 0.0802. The second-order valence-electron chi connectivity index (χ2n) is 12.6. The minimum Gasteiger partial charge on any atom is -0.494 e. The standard InChI is InChI=1S/C36H53N3O6/c1-6-11-13-24-37(22-7-2)34(43)31-36-21-20-35(9-4,45-36)29(30(36)33(42)39(31)25-14-12-15-26-40)32(41)38(23-8-3)27-16-18-28(19-17-27)44-10-5/h7-8,16-19,29-31,40H,2-3,6,9-15,20-26H2,1,4-5H3/t29-,30-,31?,35+,36?/m0/s1. The summed E-state index contributed by atoms with van der Waals surface area (Å²) in [6.07, 6.45) is 10.1. The van der Waals surface area contributed by atoms with Crippen molar-refractivity contribution in [1.29, 1.82) is 0 Å². The summed E-state index contributed by atoms with van der Waals surface area (Å²) in [5.41, 5.74) is -1.22. The molecule has 1 aromatic carbocycles. The lowest BCUT2D eigenvalue weighted by molar-refractivity contribution is -0.152. The Morgan fingerprint density at radius 1 is 1.02 bits per heavy atom. The third-order valence-corrected chi connectivity index (χ3v) is 9.97. The molecule has 3 amide bonds. The maximum absolute atomic E-state index is 14.7. The molecule has 3 saturated heterocycles. The number of anilines is 1. The molecule has 3 aliphatic rings. The maximum atomic E-state index is 14.7. The van der Waals surface area contributed by atoms with E-state index in [2.05, 4.69) is 20.1 Å². The number of unbranched alkanes of at least 4 members (excludes halogenated alkanes) is 4. The van der Waals surface area contributed by atoms with E-state index < -0.39 is 29.1 Å². The molecular weight excluding hydrogens is 570 g/mol. The van der Waals surface area contributed by atoms with E-state index in [-0.39, 0.29) is 30.9 Å². The number of amides is 3. The van der Waals surface area contributed by atoms with Gasteiger partial charge in [-0.25, -0.2) is 0 Å². The zero-order valence-corrected chi connectivity index (χ0v) is 27.5. The fourth-order valence-corrected chi connectivity index (χ4v) is 7.87. The number of nitrogens with zero attached hydrogens (tertiary/aromatic N) is 3. The van der Waals surface area contributed by atoms with Crippen LogP contribution in [0.1, 0.15) is 78.6 Å². The van der Waals surface area contributed by atoms with Gasteiger partial charge >= 0.3 is 0 Å². The topological polar surface area (TPSA) is 99.6 Å². The summed E-state index contributed by atoms with van der Waals surface area (Å²) in [5, 5.41) is 9.36. The molecule has 0 aliphatic carbocycles. The molecule has 9 nitrogen and oxygen atoms in total. The Morgan fingerprint density at radius 3 is 2.38 bits per heavy atom. The number of hydrogen-bond donors (Lipinski definition) is 1. The molecular formula is C36H53N3O6. The van der Waals surface area contributed by atoms with E-state index in [1.165, 1.54) is 0 Å². The van der Waals surface area contributed by atoms with Gasteiger partial charge in [0, 0.05) is 38.5 Å². The molecule has 9 heteroatoms. The van der Waals surface area contributed by atoms with E-state index >= 15 is 0 Å². The van der Waals surface area contributed by atoms with Gasteiger partial charge in [-0.05, 0) is 76.1 Å². The van der Waals surface area contributed by atoms with Crippen molar-refractivity contribution in [1.82, 2.24) is 9.80 Å². The number of ether oxygens (including phenoxy) is 2. The quantitative estimate of drug-likeness (QED) is 0.170. The van der Waals surface area contributed by atoms with Crippen molar-refractivity contribution in [2.24, 2.45) is 11.8 Å². The predicted octanol–water partition coefficient (Wildman–Crippen LogP) is 5.13. The minimum atomic E-state index is -1.08. The summed E-state index contributed by atoms with van der Waals surface area (Å²) in [6.45, 7) is 16.1. The lowest BCUT2D eigenvalue weighted by Crippen LogP contribution is -2.56. The van der Waals surface area contributed by atoms with Gasteiger partial charge in [-0.1, -0.05) is 38.8 Å². The van der Waals surface area contributed by atoms with Crippen LogP contribution >= 0.6 is 0 Å². The van der Waals surface area contributed by atoms with E-state index in [1.807, 2.05) is 43.0 Å². The zero-order valence-electron chi connectivity index (χ0n) is 27.5. The van der Waals surface area contributed by atoms with Crippen molar-refractivity contribution >= 4 is 23.4 Å². The number of rotatable bonds is 19. The molecule has 3 aliphatic heterocycles. The van der Waals surface area contributed by atoms with Gasteiger partial charge in [0.2, 0.25) is 17.7 Å². The number of likely N-dealkylation sites (tertiary alicyclic amines) is 1. The highest BCUT2D eigenvalue weighted by atomic mass is 16.5. The number of carbonyl (C=O) groups excluding carboxylic acids is 3. The third kappa shape index (κ3) is 6.57. The lowest BCUT2D eigenvalue weighted by Gasteiger charge is -2.37. The largest absolute Gasteiger partial charge is 0.494 e. The molecule has 2 unspecified atom stereocenters. The monoisotopic (exact) mass is 623 g/mol. The number of benzene rings is 1. The van der Waals surface area contributed by atoms with Gasteiger partial charge in [-0.15, -0.1) is 13.2 Å². The molecule has 248 valence electrons. The summed E-state index contributed by atoms with van der Waals surface area (Å²) in [7, 11) is 0. The van der Waals surface area contributed by atoms with Gasteiger partial charge in [0.05, 0.1) is 24.0 Å². The van der Waals surface area contributed by atoms with Crippen LogP contribution in [0.5, 0.6) is 5.75 Å². The molecule has 1 aromatic rings. The average molecular weight is 624 g/mol. The molecule has 45 heavy (non-hydrogen) atoms. The van der Waals surface area contributed by atoms with Crippen LogP contribution in [0.4, 0.5) is 5.69 Å². The molecule has 1 spiro atoms. The van der Waals surface area contributed by atoms with Crippen LogP contribution in [0.2, 0.25) is 0 Å². The Morgan fingerprint density at radius 2 is 1.76 bits per heavy atom. The molecule has 1 N–H and O–H groups in total. The van der Waals surface area contributed by atoms with Gasteiger partial charge in [-0.2, -0.15) is 0 Å². The van der Waals surface area contributed by atoms with Crippen molar-refractivity contribution in [3.63, 3.8) is 0 Å². The van der Waals surface area contributed by atoms with Gasteiger partial charge in [0.1, 0.15) is 17.4 Å². The lowest BCUT2D eigenvalue weighted by atomic mass is 9.64. The second-order valence-corrected chi connectivity index (χ2v) is 12.6. The number of aliphatic hydroxyl groups is 1. The summed E-state index contributed by atoms with van der Waals surface area (Å²) < 4.78 is 12.6. The Bertz CT molecular complexity index is 1200. The molecule has 0 saturated carbocycles. The van der Waals surface area contributed by atoms with E-state index in [0.29, 0.717) is 69.8 Å². The number of fused-ring (bicyclic) bond motifs is 1.